The van der Waals surface area contributed by atoms with Crippen molar-refractivity contribution in [2.75, 3.05) is 19.8 Å². The molecule has 3 aliphatic heterocycles. The van der Waals surface area contributed by atoms with Crippen LogP contribution in [0.2, 0.25) is 0 Å². The molecule has 2 unspecified atom stereocenters. The predicted octanol–water partition coefficient (Wildman–Crippen LogP) is 3.13. The van der Waals surface area contributed by atoms with Crippen LogP contribution in [0.15, 0.2) is 56.5 Å². The molecule has 5 rings (SSSR count). The molecule has 7 nitrogen and oxygen atoms in total. The number of benzene rings is 2. The molecular formula is C26H23F2N5O2. The predicted molar refractivity (Wildman–Crippen MR) is 133 cm³/mol. The Bertz CT molecular complexity index is 1390. The Kier molecular flexibility index (Phi) is 5.93. The van der Waals surface area contributed by atoms with Crippen LogP contribution in [0.5, 0.6) is 5.75 Å². The summed E-state index contributed by atoms with van der Waals surface area (Å²) in [5.74, 6) is 1.07. The smallest absolute Gasteiger partial charge is 0.175 e. The van der Waals surface area contributed by atoms with Crippen LogP contribution in [0.3, 0.4) is 0 Å². The summed E-state index contributed by atoms with van der Waals surface area (Å²) < 4.78 is 30.5. The highest BCUT2D eigenvalue weighted by molar-refractivity contribution is 6.29. The van der Waals surface area contributed by atoms with Crippen LogP contribution in [-0.2, 0) is 0 Å². The fraction of sp³-hybridized carbons (Fsp3) is 0.269. The number of terminal acetylenes is 1. The van der Waals surface area contributed by atoms with Gasteiger partial charge in [0.05, 0.1) is 11.1 Å². The van der Waals surface area contributed by atoms with Crippen LogP contribution in [0.25, 0.3) is 16.5 Å². The fourth-order valence-corrected chi connectivity index (χ4v) is 5.13. The van der Waals surface area contributed by atoms with E-state index < -0.39 is 18.4 Å². The summed E-state index contributed by atoms with van der Waals surface area (Å²) >= 11 is 0. The average Bonchev–Trinajstić information content (AvgIpc) is 3.19. The van der Waals surface area contributed by atoms with Crippen molar-refractivity contribution >= 4 is 35.1 Å². The number of likely N-dealkylation sites (tertiary alicyclic amines) is 1. The molecule has 0 radical (unpaired) electrons. The first-order chi connectivity index (χ1) is 16.9. The van der Waals surface area contributed by atoms with Gasteiger partial charge in [0.15, 0.2) is 5.83 Å². The maximum absolute atomic E-state index is 16.0. The number of piperazine rings is 1. The Hall–Kier alpha value is -3.87. The lowest BCUT2D eigenvalue weighted by Crippen LogP contribution is -2.50. The third kappa shape index (κ3) is 3.91. The number of aliphatic hydroxyl groups is 1. The van der Waals surface area contributed by atoms with Crippen molar-refractivity contribution in [2.45, 2.75) is 24.9 Å². The zero-order chi connectivity index (χ0) is 24.7. The second-order valence-corrected chi connectivity index (χ2v) is 8.67. The second kappa shape index (κ2) is 9.06. The molecule has 3 aliphatic rings. The molecule has 2 bridgehead atoms. The number of allylic oxidation sites excluding steroid dienone is 2. The van der Waals surface area contributed by atoms with E-state index in [0.717, 1.165) is 12.8 Å². The summed E-state index contributed by atoms with van der Waals surface area (Å²) in [6, 6.07) is 5.94. The number of rotatable bonds is 4. The minimum Gasteiger partial charge on any atom is -0.508 e. The van der Waals surface area contributed by atoms with Gasteiger partial charge in [0.25, 0.3) is 0 Å². The van der Waals surface area contributed by atoms with Crippen molar-refractivity contribution in [1.29, 1.82) is 0 Å². The molecule has 0 spiro atoms. The third-order valence-corrected chi connectivity index (χ3v) is 6.58. The van der Waals surface area contributed by atoms with E-state index in [4.69, 9.17) is 6.42 Å². The van der Waals surface area contributed by atoms with Gasteiger partial charge < -0.3 is 20.4 Å². The molecule has 0 amide bonds. The van der Waals surface area contributed by atoms with Gasteiger partial charge >= 0.3 is 0 Å². The van der Waals surface area contributed by atoms with E-state index in [1.807, 2.05) is 4.90 Å². The number of nitrogens with zero attached hydrogens (tertiary/aromatic N) is 4. The van der Waals surface area contributed by atoms with Crippen LogP contribution in [-0.4, -0.2) is 65.7 Å². The maximum Gasteiger partial charge on any atom is 0.175 e. The lowest BCUT2D eigenvalue weighted by molar-refractivity contribution is 0.241. The normalized spacial score (nSPS) is 24.3. The average molecular weight is 475 g/mol. The number of hydrogen-bond donors (Lipinski definition) is 3. The number of aliphatic imine (C=N–C) groups is 3. The maximum atomic E-state index is 16.0. The topological polar surface area (TPSA) is 92.8 Å². The van der Waals surface area contributed by atoms with E-state index in [0.29, 0.717) is 36.4 Å². The molecule has 0 saturated carbocycles. The second-order valence-electron chi connectivity index (χ2n) is 8.67. The number of fused-ring (bicyclic) bond motifs is 3. The van der Waals surface area contributed by atoms with Gasteiger partial charge in [-0.15, -0.1) is 6.42 Å². The van der Waals surface area contributed by atoms with Gasteiger partial charge in [0.2, 0.25) is 0 Å². The molecule has 2 aromatic rings. The molecule has 178 valence electrons. The van der Waals surface area contributed by atoms with Gasteiger partial charge in [-0.3, -0.25) is 9.98 Å². The van der Waals surface area contributed by atoms with Gasteiger partial charge in [-0.05, 0) is 43.1 Å². The minimum atomic E-state index is -0.852. The third-order valence-electron chi connectivity index (χ3n) is 6.58. The molecular weight excluding hydrogens is 452 g/mol. The lowest BCUT2D eigenvalue weighted by Gasteiger charge is -2.35. The number of halogens is 2. The minimum absolute atomic E-state index is 0.0697. The molecule has 9 heteroatoms. The fourth-order valence-electron chi connectivity index (χ4n) is 5.13. The highest BCUT2D eigenvalue weighted by Gasteiger charge is 2.35. The first kappa shape index (κ1) is 22.9. The molecule has 2 aromatic carbocycles. The summed E-state index contributed by atoms with van der Waals surface area (Å²) in [4.78, 5) is 14.5. The zero-order valence-corrected chi connectivity index (χ0v) is 18.8. The van der Waals surface area contributed by atoms with Crippen molar-refractivity contribution in [3.8, 4) is 18.1 Å². The van der Waals surface area contributed by atoms with Gasteiger partial charge in [-0.1, -0.05) is 12.0 Å². The first-order valence-corrected chi connectivity index (χ1v) is 11.2. The number of aromatic hydroxyl groups is 1. The molecule has 3 heterocycles. The van der Waals surface area contributed by atoms with Crippen LogP contribution >= 0.6 is 0 Å². The number of phenolic OH excluding ortho intramolecular Hbond substituents is 1. The van der Waals surface area contributed by atoms with Crippen LogP contribution in [0, 0.1) is 18.2 Å². The van der Waals surface area contributed by atoms with E-state index in [1.165, 1.54) is 30.5 Å². The van der Waals surface area contributed by atoms with Gasteiger partial charge in [-0.2, -0.15) is 0 Å². The number of hydrogen-bond acceptors (Lipinski definition) is 7. The van der Waals surface area contributed by atoms with Crippen LogP contribution < -0.4 is 5.32 Å². The molecule has 0 aliphatic carbocycles. The number of aliphatic hydroxyl groups excluding tert-OH is 1. The van der Waals surface area contributed by atoms with E-state index >= 15 is 4.39 Å². The van der Waals surface area contributed by atoms with Crippen molar-refractivity contribution in [3.63, 3.8) is 0 Å². The molecule has 35 heavy (non-hydrogen) atoms. The summed E-state index contributed by atoms with van der Waals surface area (Å²) in [7, 11) is 0. The highest BCUT2D eigenvalue weighted by atomic mass is 19.1. The largest absolute Gasteiger partial charge is 0.508 e. The summed E-state index contributed by atoms with van der Waals surface area (Å²) in [5, 5.41) is 24.0. The standard InChI is InChI=1S/C26H23F2N5O2/c1-3-18-21(27)7-4-14-8-17(35)9-19(22(14)18)24-23(28)25(31-13-34)20(10-30-24)26(29-2)33-11-15-5-6-16(12-33)32-15/h1,4,7-10,15-16,32,34-35H,2,5-6,11-13H2/b26-20+,31-25+. The highest BCUT2D eigenvalue weighted by Crippen LogP contribution is 2.38. The molecule has 2 saturated heterocycles. The summed E-state index contributed by atoms with van der Waals surface area (Å²) in [6.45, 7) is 4.36. The Morgan fingerprint density at radius 1 is 1.26 bits per heavy atom. The van der Waals surface area contributed by atoms with Crippen LogP contribution in [0.1, 0.15) is 24.0 Å². The molecule has 2 fully saturated rings. The van der Waals surface area contributed by atoms with E-state index in [2.05, 4.69) is 32.9 Å². The monoisotopic (exact) mass is 475 g/mol. The molecule has 0 aromatic heterocycles. The number of nitrogens with one attached hydrogen (secondary N) is 1. The van der Waals surface area contributed by atoms with E-state index in [1.54, 1.807) is 0 Å². The Morgan fingerprint density at radius 3 is 2.66 bits per heavy atom. The van der Waals surface area contributed by atoms with Crippen molar-refractivity contribution in [3.05, 3.63) is 58.4 Å². The Labute approximate surface area is 200 Å². The lowest BCUT2D eigenvalue weighted by atomic mass is 9.94. The van der Waals surface area contributed by atoms with Crippen molar-refractivity contribution < 1.29 is 19.0 Å². The van der Waals surface area contributed by atoms with E-state index in [9.17, 15) is 14.6 Å². The van der Waals surface area contributed by atoms with Gasteiger partial charge in [0, 0.05) is 42.3 Å². The summed E-state index contributed by atoms with van der Waals surface area (Å²) in [6.07, 6.45) is 9.06. The summed E-state index contributed by atoms with van der Waals surface area (Å²) in [5.41, 5.74) is -0.0166. The quantitative estimate of drug-likeness (QED) is 0.468. The first-order valence-electron chi connectivity index (χ1n) is 11.2. The van der Waals surface area contributed by atoms with Gasteiger partial charge in [-0.25, -0.2) is 13.8 Å². The van der Waals surface area contributed by atoms with Crippen molar-refractivity contribution in [1.82, 2.24) is 10.2 Å². The van der Waals surface area contributed by atoms with Gasteiger partial charge in [0.1, 0.15) is 35.5 Å². The number of phenols is 1. The zero-order valence-electron chi connectivity index (χ0n) is 18.8. The van der Waals surface area contributed by atoms with E-state index in [-0.39, 0.29) is 39.2 Å². The molecule has 3 N–H and O–H groups in total. The Balaban J connectivity index is 1.68. The SMILES string of the molecule is C#Cc1c(F)ccc2cc(O)cc(C3=C(F)C(=N/CO)/C(=C(\N=C)N4CC5CCC(C4)N5)C=N3)c12. The molecule has 2 atom stereocenters. The van der Waals surface area contributed by atoms with Crippen LogP contribution in [0.4, 0.5) is 8.78 Å². The Morgan fingerprint density at radius 2 is 2.00 bits per heavy atom. The van der Waals surface area contributed by atoms with Crippen molar-refractivity contribution in [2.24, 2.45) is 15.0 Å².